The summed E-state index contributed by atoms with van der Waals surface area (Å²) in [6.07, 6.45) is 7.19. The molecular weight excluding hydrogens is 456 g/mol. The number of hydrogen-bond acceptors (Lipinski definition) is 6. The first-order valence-corrected chi connectivity index (χ1v) is 13.2. The van der Waals surface area contributed by atoms with Crippen molar-refractivity contribution in [1.29, 1.82) is 5.26 Å². The minimum absolute atomic E-state index is 0.334. The molecule has 3 heterocycles. The predicted molar refractivity (Wildman–Crippen MR) is 121 cm³/mol. The molecule has 164 valence electrons. The van der Waals surface area contributed by atoms with Crippen LogP contribution in [-0.2, 0) is 4.74 Å². The number of ether oxygens (including phenoxy) is 1. The molecule has 31 heavy (non-hydrogen) atoms. The number of nitrogens with two attached hydrogens (primary N) is 1. The second-order valence-electron chi connectivity index (χ2n) is 8.57. The predicted octanol–water partition coefficient (Wildman–Crippen LogP) is 2.77. The number of anilines is 1. The van der Waals surface area contributed by atoms with Crippen LogP contribution in [0.25, 0.3) is 11.3 Å². The van der Waals surface area contributed by atoms with E-state index in [4.69, 9.17) is 10.5 Å². The van der Waals surface area contributed by atoms with Gasteiger partial charge in [0.1, 0.15) is 0 Å². The quantitative estimate of drug-likeness (QED) is 0.611. The molecule has 8 heteroatoms. The Morgan fingerprint density at radius 3 is 2.77 bits per heavy atom. The Morgan fingerprint density at radius 2 is 2.03 bits per heavy atom. The van der Waals surface area contributed by atoms with Crippen LogP contribution < -0.4 is 15.5 Å². The Hall–Kier alpha value is -2.00. The summed E-state index contributed by atoms with van der Waals surface area (Å²) in [5, 5.41) is 12.9. The first-order chi connectivity index (χ1) is 15.1. The summed E-state index contributed by atoms with van der Waals surface area (Å²) < 4.78 is 21.7. The summed E-state index contributed by atoms with van der Waals surface area (Å²) in [7, 11) is 0. The fourth-order valence-electron chi connectivity index (χ4n) is 4.22. The van der Waals surface area contributed by atoms with Gasteiger partial charge in [-0.05, 0) is 0 Å². The second kappa shape index (κ2) is 10.1. The molecule has 1 saturated heterocycles. The Labute approximate surface area is 189 Å². The van der Waals surface area contributed by atoms with E-state index in [0.717, 1.165) is 30.2 Å². The van der Waals surface area contributed by atoms with Gasteiger partial charge in [0.25, 0.3) is 0 Å². The van der Waals surface area contributed by atoms with E-state index in [1.165, 1.54) is 6.20 Å². The summed E-state index contributed by atoms with van der Waals surface area (Å²) in [5.74, 6) is 0.289. The average molecular weight is 485 g/mol. The van der Waals surface area contributed by atoms with Crippen LogP contribution in [0.5, 0.6) is 0 Å². The van der Waals surface area contributed by atoms with E-state index in [1.807, 2.05) is 24.3 Å². The first-order valence-electron chi connectivity index (χ1n) is 10.9. The molecule has 0 spiro atoms. The van der Waals surface area contributed by atoms with Crippen LogP contribution in [0.4, 0.5) is 10.2 Å². The van der Waals surface area contributed by atoms with Crippen molar-refractivity contribution in [3.05, 3.63) is 36.3 Å². The van der Waals surface area contributed by atoms with Crippen molar-refractivity contribution in [2.24, 2.45) is 11.1 Å². The molecule has 0 aromatic carbocycles. The molecule has 2 aromatic heterocycles. The molecule has 2 aromatic rings. The molecule has 1 atom stereocenters. The molecular formula is C23H29AsFN5O. The summed E-state index contributed by atoms with van der Waals surface area (Å²) in [6.45, 7) is 1.71. The maximum atomic E-state index is 14.6. The number of halogens is 1. The molecule has 4 rings (SSSR count). The van der Waals surface area contributed by atoms with Crippen LogP contribution in [-0.4, -0.2) is 51.5 Å². The third kappa shape index (κ3) is 5.63. The number of nitrogens with one attached hydrogen (secondary N) is 1. The standard InChI is InChI=1S/C23H29AsFN5O/c25-19-13-28-21(24-16-4-6-17(27)7-5-16)12-18(19)20-2-1-3-22(30-20)29-15-23(14-26)8-10-31-11-9-23/h1-3,12-13,16-17,24H,4-11,15,27H2,(H,29,30). The Morgan fingerprint density at radius 1 is 1.26 bits per heavy atom. The van der Waals surface area contributed by atoms with Crippen LogP contribution in [0.3, 0.4) is 0 Å². The molecule has 0 amide bonds. The van der Waals surface area contributed by atoms with Gasteiger partial charge in [-0.2, -0.15) is 0 Å². The SMILES string of the molecule is N#CC1(CNc2cccc(-c3cc([AsH]C4CCC(N)CC4)ncc3F)n2)CCOCC1. The Kier molecular flexibility index (Phi) is 7.22. The molecule has 1 unspecified atom stereocenters. The van der Waals surface area contributed by atoms with Gasteiger partial charge < -0.3 is 0 Å². The number of hydrogen-bond donors (Lipinski definition) is 2. The topological polar surface area (TPSA) is 96.9 Å². The number of pyridine rings is 2. The third-order valence-corrected chi connectivity index (χ3v) is 9.56. The van der Waals surface area contributed by atoms with Crippen molar-refractivity contribution in [1.82, 2.24) is 9.97 Å². The van der Waals surface area contributed by atoms with Crippen LogP contribution in [0.15, 0.2) is 30.5 Å². The number of rotatable bonds is 6. The van der Waals surface area contributed by atoms with E-state index in [-0.39, 0.29) is 5.82 Å². The van der Waals surface area contributed by atoms with Crippen molar-refractivity contribution in [3.63, 3.8) is 0 Å². The molecule has 6 nitrogen and oxygen atoms in total. The van der Waals surface area contributed by atoms with E-state index in [0.29, 0.717) is 60.4 Å². The third-order valence-electron chi connectivity index (χ3n) is 6.30. The van der Waals surface area contributed by atoms with Crippen molar-refractivity contribution < 1.29 is 9.13 Å². The van der Waals surface area contributed by atoms with Gasteiger partial charge in [0.15, 0.2) is 0 Å². The summed E-state index contributed by atoms with van der Waals surface area (Å²) in [5.41, 5.74) is 6.65. The number of aromatic nitrogens is 2. The van der Waals surface area contributed by atoms with Crippen LogP contribution >= 0.6 is 0 Å². The van der Waals surface area contributed by atoms with Gasteiger partial charge in [-0.25, -0.2) is 0 Å². The van der Waals surface area contributed by atoms with Crippen molar-refractivity contribution >= 4 is 26.1 Å². The van der Waals surface area contributed by atoms with Crippen LogP contribution in [0.2, 0.25) is 4.71 Å². The molecule has 1 aliphatic carbocycles. The second-order valence-corrected chi connectivity index (χ2v) is 12.0. The van der Waals surface area contributed by atoms with Gasteiger partial charge in [0.05, 0.1) is 0 Å². The van der Waals surface area contributed by atoms with E-state index in [2.05, 4.69) is 21.4 Å². The molecule has 1 saturated carbocycles. The van der Waals surface area contributed by atoms with Gasteiger partial charge in [-0.15, -0.1) is 0 Å². The van der Waals surface area contributed by atoms with E-state index in [9.17, 15) is 9.65 Å². The summed E-state index contributed by atoms with van der Waals surface area (Å²) >= 11 is -0.448. The fraction of sp³-hybridized carbons (Fsp3) is 0.522. The molecule has 0 bridgehead atoms. The average Bonchev–Trinajstić information content (AvgIpc) is 2.81. The van der Waals surface area contributed by atoms with Crippen molar-refractivity contribution in [2.45, 2.75) is 49.3 Å². The maximum absolute atomic E-state index is 14.6. The van der Waals surface area contributed by atoms with Crippen molar-refractivity contribution in [2.75, 3.05) is 25.1 Å². The molecule has 0 radical (unpaired) electrons. The van der Waals surface area contributed by atoms with Crippen LogP contribution in [0, 0.1) is 22.6 Å². The van der Waals surface area contributed by atoms with E-state index in [1.54, 1.807) is 0 Å². The van der Waals surface area contributed by atoms with Gasteiger partial charge >= 0.3 is 190 Å². The molecule has 2 aliphatic rings. The first kappa shape index (κ1) is 22.2. The van der Waals surface area contributed by atoms with Gasteiger partial charge in [-0.3, -0.25) is 0 Å². The fourth-order valence-corrected chi connectivity index (χ4v) is 7.17. The molecule has 1 aliphatic heterocycles. The van der Waals surface area contributed by atoms with E-state index >= 15 is 0 Å². The minimum atomic E-state index is -0.448. The zero-order valence-corrected chi connectivity index (χ0v) is 19.7. The van der Waals surface area contributed by atoms with Crippen molar-refractivity contribution in [3.8, 4) is 17.3 Å². The molecule has 3 N–H and O–H groups in total. The van der Waals surface area contributed by atoms with Gasteiger partial charge in [0, 0.05) is 0 Å². The number of nitriles is 1. The van der Waals surface area contributed by atoms with Crippen LogP contribution in [0.1, 0.15) is 38.5 Å². The Balaban J connectivity index is 1.47. The molecule has 2 fully saturated rings. The normalized spacial score (nSPS) is 23.5. The number of nitrogens with zero attached hydrogens (tertiary/aromatic N) is 3. The zero-order chi connectivity index (χ0) is 21.7. The monoisotopic (exact) mass is 485 g/mol. The zero-order valence-electron chi connectivity index (χ0n) is 17.6. The summed E-state index contributed by atoms with van der Waals surface area (Å²) in [4.78, 5) is 9.00. The Bertz CT molecular complexity index is 936. The van der Waals surface area contributed by atoms with E-state index < -0.39 is 21.2 Å². The summed E-state index contributed by atoms with van der Waals surface area (Å²) in [6, 6.07) is 10.2. The van der Waals surface area contributed by atoms with Gasteiger partial charge in [0.2, 0.25) is 0 Å². The van der Waals surface area contributed by atoms with Gasteiger partial charge in [-0.1, -0.05) is 0 Å².